The van der Waals surface area contributed by atoms with E-state index in [0.29, 0.717) is 32.1 Å². The second-order valence-corrected chi connectivity index (χ2v) is 23.9. The van der Waals surface area contributed by atoms with Gasteiger partial charge in [0.2, 0.25) is 0 Å². The fourth-order valence-corrected chi connectivity index (χ4v) is 15.7. The molecule has 68 heavy (non-hydrogen) atoms. The van der Waals surface area contributed by atoms with E-state index in [9.17, 15) is 66.4 Å². The van der Waals surface area contributed by atoms with Crippen molar-refractivity contribution in [2.24, 2.45) is 45.3 Å². The summed E-state index contributed by atoms with van der Waals surface area (Å²) >= 11 is 0. The van der Waals surface area contributed by atoms with E-state index in [1.54, 1.807) is 13.8 Å². The Bertz CT molecular complexity index is 1760. The minimum atomic E-state index is -1.92. The van der Waals surface area contributed by atoms with Crippen LogP contribution in [0.5, 0.6) is 0 Å². The lowest BCUT2D eigenvalue weighted by Crippen LogP contribution is -2.69. The molecule has 0 amide bonds. The van der Waals surface area contributed by atoms with E-state index in [1.165, 1.54) is 6.92 Å². The summed E-state index contributed by atoms with van der Waals surface area (Å²) in [7, 11) is 0. The van der Waals surface area contributed by atoms with Crippen LogP contribution in [0, 0.1) is 45.3 Å². The zero-order chi connectivity index (χ0) is 50.0. The second-order valence-electron chi connectivity index (χ2n) is 23.9. The first-order chi connectivity index (χ1) is 31.6. The molecular weight excluding hydrogens is 897 g/mol. The molecule has 0 aromatic rings. The molecule has 28 atom stereocenters. The molecule has 0 bridgehead atoms. The highest BCUT2D eigenvalue weighted by Crippen LogP contribution is 2.76. The molecule has 4 heterocycles. The number of hydrogen-bond acceptors (Lipinski definition) is 20. The Morgan fingerprint density at radius 3 is 1.76 bits per heavy atom. The summed E-state index contributed by atoms with van der Waals surface area (Å²) < 4.78 is 43.7. The van der Waals surface area contributed by atoms with Gasteiger partial charge in [-0.25, -0.2) is 0 Å². The normalized spacial score (nSPS) is 57.6. The minimum Gasteiger partial charge on any atom is -0.396 e. The molecule has 4 aliphatic carbocycles. The summed E-state index contributed by atoms with van der Waals surface area (Å²) in [5.41, 5.74) is -3.95. The standard InChI is InChI=1S/C48H82O20/c1-20-30(54)33(57)35(59)40(62-20)67-38-37(66-41-36(60)34(58)31(55)24(17-49)63-41)32(56)25(18-50)64-42(38)65-28-11-12-44(4)26(45(28,5)19-51)10-14-46(6)27(44)15-22(52)29-21(9-13-47(29,46)7)48(8)16-23(53)39(68-48)43(2,3)61/h20-42,49-61H,9-19H2,1-8H3/t20-,21?,22?,23?,24+,25+,26?,27?,28-,29-,30-,31+,32+,33+,34-,35+,36+,37-,38+,39?,40-,41-,42-,44-,45?,46?,47?,48?/m0/s1. The molecular formula is C48H82O20. The number of rotatable bonds is 11. The summed E-state index contributed by atoms with van der Waals surface area (Å²) in [6, 6.07) is 0. The van der Waals surface area contributed by atoms with Crippen LogP contribution in [0.25, 0.3) is 0 Å². The molecule has 0 spiro atoms. The smallest absolute Gasteiger partial charge is 0.187 e. The maximum absolute atomic E-state index is 12.5. The lowest BCUT2D eigenvalue weighted by molar-refractivity contribution is -0.399. The molecule has 0 aromatic carbocycles. The molecule has 20 nitrogen and oxygen atoms in total. The SMILES string of the molecule is C[C@@H]1O[C@@H](O[C@H]2[C@H](O[C@H]3CC[C@@]4(C)C(CCC5(C)C4CC(O)[C@@H]4C(C6(C)CC(O)C(C(C)(C)O)O6)CCC45C)C3(C)CO)O[C@H](CO)[C@@H](O)[C@@H]2O[C@@H]2O[C@H](CO)[C@@H](O)[C@H](O)[C@H]2O)[C@H](O)[C@H](O)[C@H]1O. The van der Waals surface area contributed by atoms with E-state index in [2.05, 4.69) is 20.8 Å². The highest BCUT2D eigenvalue weighted by Gasteiger charge is 2.73. The van der Waals surface area contributed by atoms with Crippen LogP contribution in [0.15, 0.2) is 0 Å². The Labute approximate surface area is 398 Å². The number of ether oxygens (including phenoxy) is 7. The molecule has 4 aliphatic heterocycles. The van der Waals surface area contributed by atoms with Crippen molar-refractivity contribution in [3.63, 3.8) is 0 Å². The monoisotopic (exact) mass is 979 g/mol. The average Bonchev–Trinajstić information content (AvgIpc) is 3.83. The zero-order valence-corrected chi connectivity index (χ0v) is 40.7. The third kappa shape index (κ3) is 8.37. The summed E-state index contributed by atoms with van der Waals surface area (Å²) in [5.74, 6) is -0.331. The number of fused-ring (bicyclic) bond motifs is 5. The summed E-state index contributed by atoms with van der Waals surface area (Å²) in [6.45, 7) is 13.7. The molecule has 0 radical (unpaired) electrons. The first-order valence-electron chi connectivity index (χ1n) is 24.9. The third-order valence-electron chi connectivity index (χ3n) is 19.6. The summed E-state index contributed by atoms with van der Waals surface area (Å²) in [4.78, 5) is 0. The lowest BCUT2D eigenvalue weighted by atomic mass is 9.35. The van der Waals surface area contributed by atoms with Crippen LogP contribution in [0.3, 0.4) is 0 Å². The zero-order valence-electron chi connectivity index (χ0n) is 40.7. The van der Waals surface area contributed by atoms with Crippen molar-refractivity contribution in [3.05, 3.63) is 0 Å². The first kappa shape index (κ1) is 53.5. The van der Waals surface area contributed by atoms with Gasteiger partial charge in [-0.15, -0.1) is 0 Å². The van der Waals surface area contributed by atoms with Gasteiger partial charge in [-0.1, -0.05) is 27.7 Å². The fourth-order valence-electron chi connectivity index (χ4n) is 15.7. The first-order valence-corrected chi connectivity index (χ1v) is 24.9. The predicted molar refractivity (Wildman–Crippen MR) is 234 cm³/mol. The number of aliphatic hydroxyl groups excluding tert-OH is 12. The lowest BCUT2D eigenvalue weighted by Gasteiger charge is -2.71. The Morgan fingerprint density at radius 2 is 1.16 bits per heavy atom. The van der Waals surface area contributed by atoms with E-state index in [0.717, 1.165) is 19.3 Å². The van der Waals surface area contributed by atoms with Crippen LogP contribution in [-0.2, 0) is 33.2 Å². The highest BCUT2D eigenvalue weighted by atomic mass is 16.8. The van der Waals surface area contributed by atoms with Gasteiger partial charge in [-0.05, 0) is 113 Å². The second kappa shape index (κ2) is 18.8. The van der Waals surface area contributed by atoms with Crippen LogP contribution < -0.4 is 0 Å². The summed E-state index contributed by atoms with van der Waals surface area (Å²) in [5, 5.41) is 143. The molecule has 10 unspecified atom stereocenters. The van der Waals surface area contributed by atoms with Gasteiger partial charge in [-0.3, -0.25) is 0 Å². The molecule has 4 saturated heterocycles. The Morgan fingerprint density at radius 1 is 0.588 bits per heavy atom. The maximum atomic E-state index is 12.5. The summed E-state index contributed by atoms with van der Waals surface area (Å²) in [6.07, 6.45) is -22.7. The third-order valence-corrected chi connectivity index (χ3v) is 19.6. The van der Waals surface area contributed by atoms with Gasteiger partial charge < -0.3 is 99.5 Å². The minimum absolute atomic E-state index is 0.0172. The topological polar surface area (TPSA) is 328 Å². The van der Waals surface area contributed by atoms with Gasteiger partial charge in [0, 0.05) is 11.8 Å². The molecule has 13 N–H and O–H groups in total. The predicted octanol–water partition coefficient (Wildman–Crippen LogP) is -1.84. The largest absolute Gasteiger partial charge is 0.396 e. The van der Waals surface area contributed by atoms with Gasteiger partial charge in [-0.2, -0.15) is 0 Å². The van der Waals surface area contributed by atoms with Crippen molar-refractivity contribution in [2.75, 3.05) is 19.8 Å². The average molecular weight is 979 g/mol. The van der Waals surface area contributed by atoms with Crippen LogP contribution in [-0.4, -0.2) is 214 Å². The van der Waals surface area contributed by atoms with Crippen LogP contribution in [0.4, 0.5) is 0 Å². The van der Waals surface area contributed by atoms with Crippen molar-refractivity contribution in [1.82, 2.24) is 0 Å². The van der Waals surface area contributed by atoms with E-state index in [1.807, 2.05) is 13.8 Å². The molecule has 394 valence electrons. The molecule has 8 aliphatic rings. The maximum Gasteiger partial charge on any atom is 0.187 e. The van der Waals surface area contributed by atoms with Crippen LogP contribution in [0.1, 0.15) is 107 Å². The van der Waals surface area contributed by atoms with E-state index in [-0.39, 0.29) is 41.1 Å². The number of hydrogen-bond donors (Lipinski definition) is 13. The van der Waals surface area contributed by atoms with E-state index >= 15 is 0 Å². The van der Waals surface area contributed by atoms with Gasteiger partial charge in [0.25, 0.3) is 0 Å². The Kier molecular flexibility index (Phi) is 14.8. The Balaban J connectivity index is 1.08. The quantitative estimate of drug-likeness (QED) is 0.101. The molecule has 8 fully saturated rings. The van der Waals surface area contributed by atoms with Gasteiger partial charge in [0.15, 0.2) is 18.9 Å². The van der Waals surface area contributed by atoms with Gasteiger partial charge in [0.05, 0.1) is 55.4 Å². The van der Waals surface area contributed by atoms with Gasteiger partial charge in [0.1, 0.15) is 73.2 Å². The van der Waals surface area contributed by atoms with Crippen molar-refractivity contribution in [1.29, 1.82) is 0 Å². The van der Waals surface area contributed by atoms with E-state index in [4.69, 9.17) is 33.2 Å². The molecule has 4 saturated carbocycles. The van der Waals surface area contributed by atoms with Crippen molar-refractivity contribution < 1.29 is 99.5 Å². The van der Waals surface area contributed by atoms with E-state index < -0.39 is 152 Å². The highest BCUT2D eigenvalue weighted by molar-refractivity contribution is 5.21. The molecule has 8 rings (SSSR count). The van der Waals surface area contributed by atoms with Crippen LogP contribution >= 0.6 is 0 Å². The van der Waals surface area contributed by atoms with Crippen molar-refractivity contribution >= 4 is 0 Å². The molecule has 20 heteroatoms. The molecule has 0 aromatic heterocycles. The fraction of sp³-hybridized carbons (Fsp3) is 1.00. The van der Waals surface area contributed by atoms with Gasteiger partial charge >= 0.3 is 0 Å². The van der Waals surface area contributed by atoms with Crippen LogP contribution in [0.2, 0.25) is 0 Å². The van der Waals surface area contributed by atoms with Crippen molar-refractivity contribution in [3.8, 4) is 0 Å². The number of aliphatic hydroxyl groups is 13. The Hall–Kier alpha value is -0.800. The van der Waals surface area contributed by atoms with Crippen molar-refractivity contribution in [2.45, 2.75) is 234 Å².